The second kappa shape index (κ2) is 6.67. The number of carbonyl (C=O) groups is 2. The van der Waals surface area contributed by atoms with E-state index in [0.717, 1.165) is 3.79 Å². The molecule has 0 atom stereocenters. The van der Waals surface area contributed by atoms with Crippen molar-refractivity contribution < 1.29 is 9.59 Å². The van der Waals surface area contributed by atoms with Gasteiger partial charge < -0.3 is 10.6 Å². The maximum absolute atomic E-state index is 11.9. The van der Waals surface area contributed by atoms with Gasteiger partial charge in [0.1, 0.15) is 0 Å². The van der Waals surface area contributed by atoms with Gasteiger partial charge in [-0.3, -0.25) is 9.59 Å². The van der Waals surface area contributed by atoms with Crippen LogP contribution in [0.5, 0.6) is 0 Å². The van der Waals surface area contributed by atoms with Crippen LogP contribution in [0.3, 0.4) is 0 Å². The fourth-order valence-electron chi connectivity index (χ4n) is 1.52. The van der Waals surface area contributed by atoms with E-state index in [1.807, 2.05) is 6.07 Å². The van der Waals surface area contributed by atoms with E-state index >= 15 is 0 Å². The second-order valence-electron chi connectivity index (χ2n) is 4.04. The molecule has 0 aliphatic rings. The number of anilines is 2. The first-order chi connectivity index (χ1) is 9.58. The number of amides is 2. The van der Waals surface area contributed by atoms with Gasteiger partial charge in [0.25, 0.3) is 5.91 Å². The molecule has 1 aromatic carbocycles. The van der Waals surface area contributed by atoms with Crippen molar-refractivity contribution in [3.63, 3.8) is 0 Å². The Balaban J connectivity index is 2.00. The molecule has 0 aliphatic carbocycles. The zero-order valence-electron chi connectivity index (χ0n) is 10.8. The van der Waals surface area contributed by atoms with Crippen LogP contribution in [0.15, 0.2) is 40.2 Å². The lowest BCUT2D eigenvalue weighted by atomic mass is 10.2. The van der Waals surface area contributed by atoms with Gasteiger partial charge in [-0.2, -0.15) is 0 Å². The summed E-state index contributed by atoms with van der Waals surface area (Å²) in [7, 11) is 0. The summed E-state index contributed by atoms with van der Waals surface area (Å²) in [6, 6.07) is 10.6. The molecule has 2 amide bonds. The molecule has 0 aliphatic heterocycles. The van der Waals surface area contributed by atoms with Crippen molar-refractivity contribution >= 4 is 50.5 Å². The molecule has 1 aromatic heterocycles. The molecule has 1 heterocycles. The van der Waals surface area contributed by atoms with E-state index in [1.54, 1.807) is 37.3 Å². The third kappa shape index (κ3) is 3.91. The molecular formula is C14H13BrN2O2S. The van der Waals surface area contributed by atoms with Crippen LogP contribution in [0.4, 0.5) is 11.4 Å². The average molecular weight is 353 g/mol. The smallest absolute Gasteiger partial charge is 0.265 e. The average Bonchev–Trinajstić information content (AvgIpc) is 2.87. The maximum Gasteiger partial charge on any atom is 0.265 e. The Labute approximate surface area is 129 Å². The van der Waals surface area contributed by atoms with Crippen molar-refractivity contribution in [3.05, 3.63) is 45.1 Å². The van der Waals surface area contributed by atoms with Gasteiger partial charge in [0, 0.05) is 17.8 Å². The lowest BCUT2D eigenvalue weighted by molar-refractivity contribution is -0.115. The number of halogens is 1. The van der Waals surface area contributed by atoms with Gasteiger partial charge in [0.2, 0.25) is 5.91 Å². The van der Waals surface area contributed by atoms with E-state index in [2.05, 4.69) is 26.6 Å². The lowest BCUT2D eigenvalue weighted by Gasteiger charge is -2.06. The van der Waals surface area contributed by atoms with Crippen molar-refractivity contribution in [1.29, 1.82) is 0 Å². The van der Waals surface area contributed by atoms with Crippen LogP contribution >= 0.6 is 27.3 Å². The molecule has 2 N–H and O–H groups in total. The highest BCUT2D eigenvalue weighted by atomic mass is 79.9. The summed E-state index contributed by atoms with van der Waals surface area (Å²) >= 11 is 4.70. The number of thiophene rings is 1. The molecule has 0 saturated carbocycles. The van der Waals surface area contributed by atoms with Gasteiger partial charge in [-0.1, -0.05) is 6.92 Å². The van der Waals surface area contributed by atoms with Crippen LogP contribution in [-0.4, -0.2) is 11.8 Å². The monoisotopic (exact) mass is 352 g/mol. The topological polar surface area (TPSA) is 58.2 Å². The van der Waals surface area contributed by atoms with E-state index in [0.29, 0.717) is 22.7 Å². The van der Waals surface area contributed by atoms with Crippen LogP contribution < -0.4 is 10.6 Å². The normalized spacial score (nSPS) is 10.1. The summed E-state index contributed by atoms with van der Waals surface area (Å²) in [5.41, 5.74) is 1.41. The SMILES string of the molecule is CCC(=O)Nc1ccc(NC(=O)c2ccc(Br)s2)cc1. The molecule has 2 aromatic rings. The first-order valence-electron chi connectivity index (χ1n) is 6.05. The highest BCUT2D eigenvalue weighted by Crippen LogP contribution is 2.23. The molecule has 2 rings (SSSR count). The van der Waals surface area contributed by atoms with Crippen LogP contribution in [0.25, 0.3) is 0 Å². The molecule has 0 spiro atoms. The van der Waals surface area contributed by atoms with Gasteiger partial charge in [-0.15, -0.1) is 11.3 Å². The summed E-state index contributed by atoms with van der Waals surface area (Å²) < 4.78 is 0.917. The van der Waals surface area contributed by atoms with E-state index in [-0.39, 0.29) is 11.8 Å². The molecule has 20 heavy (non-hydrogen) atoms. The van der Waals surface area contributed by atoms with Crippen molar-refractivity contribution in [3.8, 4) is 0 Å². The van der Waals surface area contributed by atoms with Crippen LogP contribution in [0.1, 0.15) is 23.0 Å². The molecular weight excluding hydrogens is 340 g/mol. The number of hydrogen-bond donors (Lipinski definition) is 2. The van der Waals surface area contributed by atoms with Crippen molar-refractivity contribution in [1.82, 2.24) is 0 Å². The van der Waals surface area contributed by atoms with Crippen LogP contribution in [0.2, 0.25) is 0 Å². The Morgan fingerprint density at radius 2 is 1.65 bits per heavy atom. The quantitative estimate of drug-likeness (QED) is 0.869. The Kier molecular flexibility index (Phi) is 4.92. The van der Waals surface area contributed by atoms with E-state index in [1.165, 1.54) is 11.3 Å². The number of carbonyl (C=O) groups excluding carboxylic acids is 2. The molecule has 4 nitrogen and oxygen atoms in total. The minimum Gasteiger partial charge on any atom is -0.326 e. The highest BCUT2D eigenvalue weighted by Gasteiger charge is 2.08. The summed E-state index contributed by atoms with van der Waals surface area (Å²) in [5.74, 6) is -0.184. The summed E-state index contributed by atoms with van der Waals surface area (Å²) in [6.07, 6.45) is 0.436. The predicted octanol–water partition coefficient (Wildman–Crippen LogP) is 4.11. The summed E-state index contributed by atoms with van der Waals surface area (Å²) in [6.45, 7) is 1.79. The summed E-state index contributed by atoms with van der Waals surface area (Å²) in [4.78, 5) is 23.8. The summed E-state index contributed by atoms with van der Waals surface area (Å²) in [5, 5.41) is 5.56. The number of benzene rings is 1. The third-order valence-corrected chi connectivity index (χ3v) is 4.17. The zero-order chi connectivity index (χ0) is 14.5. The van der Waals surface area contributed by atoms with Crippen molar-refractivity contribution in [2.75, 3.05) is 10.6 Å². The maximum atomic E-state index is 11.9. The minimum atomic E-state index is -0.147. The molecule has 0 radical (unpaired) electrons. The van der Waals surface area contributed by atoms with Gasteiger partial charge in [-0.05, 0) is 52.3 Å². The van der Waals surface area contributed by atoms with Gasteiger partial charge in [0.05, 0.1) is 8.66 Å². The van der Waals surface area contributed by atoms with Crippen molar-refractivity contribution in [2.45, 2.75) is 13.3 Å². The molecule has 0 unspecified atom stereocenters. The molecule has 0 saturated heterocycles. The standard InChI is InChI=1S/C14H13BrN2O2S/c1-2-13(18)16-9-3-5-10(6-4-9)17-14(19)11-7-8-12(15)20-11/h3-8H,2H2,1H3,(H,16,18)(H,17,19). The molecule has 0 fully saturated rings. The Morgan fingerprint density at radius 1 is 1.05 bits per heavy atom. The Morgan fingerprint density at radius 3 is 2.15 bits per heavy atom. The number of rotatable bonds is 4. The van der Waals surface area contributed by atoms with Crippen LogP contribution in [-0.2, 0) is 4.79 Å². The largest absolute Gasteiger partial charge is 0.326 e. The second-order valence-corrected chi connectivity index (χ2v) is 6.50. The predicted molar refractivity (Wildman–Crippen MR) is 85.3 cm³/mol. The van der Waals surface area contributed by atoms with E-state index in [9.17, 15) is 9.59 Å². The first-order valence-corrected chi connectivity index (χ1v) is 7.66. The van der Waals surface area contributed by atoms with Gasteiger partial charge in [-0.25, -0.2) is 0 Å². The van der Waals surface area contributed by atoms with Crippen molar-refractivity contribution in [2.24, 2.45) is 0 Å². The molecule has 0 bridgehead atoms. The van der Waals surface area contributed by atoms with E-state index < -0.39 is 0 Å². The molecule has 6 heteroatoms. The van der Waals surface area contributed by atoms with Gasteiger partial charge >= 0.3 is 0 Å². The third-order valence-electron chi connectivity index (χ3n) is 2.54. The first kappa shape index (κ1) is 14.7. The number of hydrogen-bond acceptors (Lipinski definition) is 3. The zero-order valence-corrected chi connectivity index (χ0v) is 13.2. The Bertz CT molecular complexity index is 622. The molecule has 104 valence electrons. The highest BCUT2D eigenvalue weighted by molar-refractivity contribution is 9.11. The van der Waals surface area contributed by atoms with Gasteiger partial charge in [0.15, 0.2) is 0 Å². The Hall–Kier alpha value is -1.66. The fraction of sp³-hybridized carbons (Fsp3) is 0.143. The number of nitrogens with one attached hydrogen (secondary N) is 2. The van der Waals surface area contributed by atoms with Crippen LogP contribution in [0, 0.1) is 0 Å². The minimum absolute atomic E-state index is 0.0368. The van der Waals surface area contributed by atoms with E-state index in [4.69, 9.17) is 0 Å². The lowest BCUT2D eigenvalue weighted by Crippen LogP contribution is -2.11. The fourth-order valence-corrected chi connectivity index (χ4v) is 2.80.